The molecule has 1 aromatic carbocycles. The number of nitrogens with one attached hydrogen (secondary N) is 2. The molecule has 0 aliphatic rings. The molecule has 2 heterocycles. The fourth-order valence-corrected chi connectivity index (χ4v) is 3.81. The molecule has 0 unspecified atom stereocenters. The third-order valence-corrected chi connectivity index (χ3v) is 5.37. The van der Waals surface area contributed by atoms with Crippen molar-refractivity contribution in [3.05, 3.63) is 52.3 Å². The number of rotatable bonds is 5. The number of Topliss-reactive ketones (excluding diaryl/α,β-unsaturated/α-hetero) is 1. The third kappa shape index (κ3) is 3.83. The molecule has 3 rings (SSSR count). The molecule has 0 fully saturated rings. The number of amides is 1. The summed E-state index contributed by atoms with van der Waals surface area (Å²) in [6.07, 6.45) is 0. The highest BCUT2D eigenvalue weighted by atomic mass is 32.1. The van der Waals surface area contributed by atoms with Crippen molar-refractivity contribution in [1.29, 1.82) is 0 Å². The molecule has 140 valence electrons. The van der Waals surface area contributed by atoms with Crippen molar-refractivity contribution in [3.8, 4) is 10.6 Å². The van der Waals surface area contributed by atoms with Crippen LogP contribution in [0.3, 0.4) is 0 Å². The normalized spacial score (nSPS) is 11.0. The van der Waals surface area contributed by atoms with Crippen molar-refractivity contribution in [2.24, 2.45) is 0 Å². The fourth-order valence-electron chi connectivity index (χ4n) is 3.07. The molecule has 0 saturated heterocycles. The van der Waals surface area contributed by atoms with E-state index in [1.807, 2.05) is 12.1 Å². The number of hydrogen-bond acceptors (Lipinski definition) is 5. The van der Waals surface area contributed by atoms with Gasteiger partial charge in [0.15, 0.2) is 5.78 Å². The van der Waals surface area contributed by atoms with E-state index in [1.54, 1.807) is 13.8 Å². The number of hydrogen-bond donors (Lipinski definition) is 2. The van der Waals surface area contributed by atoms with E-state index in [2.05, 4.69) is 46.5 Å². The van der Waals surface area contributed by atoms with E-state index in [1.165, 1.54) is 23.8 Å². The van der Waals surface area contributed by atoms with Crippen LogP contribution in [0.15, 0.2) is 24.3 Å². The second-order valence-corrected chi connectivity index (χ2v) is 7.80. The number of aromatic nitrogens is 3. The number of carbonyl (C=O) groups is 2. The number of aromatic amines is 1. The van der Waals surface area contributed by atoms with E-state index in [-0.39, 0.29) is 11.7 Å². The van der Waals surface area contributed by atoms with Crippen molar-refractivity contribution in [2.75, 3.05) is 5.32 Å². The summed E-state index contributed by atoms with van der Waals surface area (Å²) in [5.74, 6) is 0.0695. The highest BCUT2D eigenvalue weighted by Gasteiger charge is 2.21. The van der Waals surface area contributed by atoms with Crippen molar-refractivity contribution in [1.82, 2.24) is 15.2 Å². The Hall–Kier alpha value is -2.80. The molecule has 0 radical (unpaired) electrons. The Morgan fingerprint density at radius 1 is 1.11 bits per heavy atom. The Balaban J connectivity index is 1.79. The zero-order chi connectivity index (χ0) is 19.7. The number of ketones is 1. The Morgan fingerprint density at radius 2 is 1.78 bits per heavy atom. The fraction of sp³-hybridized carbons (Fsp3) is 0.300. The van der Waals surface area contributed by atoms with E-state index in [0.29, 0.717) is 33.6 Å². The van der Waals surface area contributed by atoms with Gasteiger partial charge in [-0.15, -0.1) is 10.2 Å². The van der Waals surface area contributed by atoms with Gasteiger partial charge in [-0.05, 0) is 37.8 Å². The minimum absolute atomic E-state index is 0.0663. The summed E-state index contributed by atoms with van der Waals surface area (Å²) in [6.45, 7) is 9.33. The maximum absolute atomic E-state index is 12.6. The van der Waals surface area contributed by atoms with Crippen LogP contribution in [0.5, 0.6) is 0 Å². The molecule has 0 atom stereocenters. The number of benzene rings is 1. The Labute approximate surface area is 162 Å². The first-order chi connectivity index (χ1) is 12.8. The van der Waals surface area contributed by atoms with E-state index < -0.39 is 0 Å². The van der Waals surface area contributed by atoms with Gasteiger partial charge in [0.2, 0.25) is 5.13 Å². The Morgan fingerprint density at radius 3 is 2.33 bits per heavy atom. The maximum atomic E-state index is 12.6. The summed E-state index contributed by atoms with van der Waals surface area (Å²) in [5.41, 5.74) is 4.48. The summed E-state index contributed by atoms with van der Waals surface area (Å²) in [5, 5.41) is 12.2. The highest BCUT2D eigenvalue weighted by Crippen LogP contribution is 2.28. The zero-order valence-corrected chi connectivity index (χ0v) is 16.8. The molecule has 6 nitrogen and oxygen atoms in total. The van der Waals surface area contributed by atoms with Gasteiger partial charge in [-0.3, -0.25) is 14.9 Å². The lowest BCUT2D eigenvalue weighted by molar-refractivity contribution is 0.101. The number of H-pyrrole nitrogens is 1. The molecule has 3 aromatic rings. The predicted octanol–water partition coefficient (Wildman–Crippen LogP) is 4.73. The van der Waals surface area contributed by atoms with Gasteiger partial charge in [-0.2, -0.15) is 0 Å². The molecule has 0 bridgehead atoms. The number of nitrogens with zero attached hydrogens (tertiary/aromatic N) is 2. The SMILES string of the molecule is CC(=O)c1c(C)[nH]c(C(=O)Nc2nnc(-c3ccc(C(C)C)cc3)s2)c1C. The van der Waals surface area contributed by atoms with Crippen molar-refractivity contribution >= 4 is 28.2 Å². The minimum Gasteiger partial charge on any atom is -0.354 e. The van der Waals surface area contributed by atoms with Crippen LogP contribution in [0, 0.1) is 13.8 Å². The molecule has 0 aliphatic heterocycles. The van der Waals surface area contributed by atoms with Gasteiger partial charge in [-0.25, -0.2) is 0 Å². The predicted molar refractivity (Wildman–Crippen MR) is 108 cm³/mol. The molecule has 27 heavy (non-hydrogen) atoms. The zero-order valence-electron chi connectivity index (χ0n) is 16.0. The van der Waals surface area contributed by atoms with E-state index in [9.17, 15) is 9.59 Å². The molecule has 0 aliphatic carbocycles. The average molecular weight is 382 g/mol. The molecule has 0 saturated carbocycles. The first-order valence-electron chi connectivity index (χ1n) is 8.73. The van der Waals surface area contributed by atoms with Gasteiger partial charge in [0, 0.05) is 16.8 Å². The first-order valence-corrected chi connectivity index (χ1v) is 9.54. The van der Waals surface area contributed by atoms with E-state index in [0.717, 1.165) is 10.6 Å². The summed E-state index contributed by atoms with van der Waals surface area (Å²) >= 11 is 1.31. The quantitative estimate of drug-likeness (QED) is 0.625. The molecular formula is C20H22N4O2S. The third-order valence-electron chi connectivity index (χ3n) is 4.49. The van der Waals surface area contributed by atoms with Gasteiger partial charge < -0.3 is 4.98 Å². The Kier molecular flexibility index (Phi) is 5.23. The molecule has 2 aromatic heterocycles. The highest BCUT2D eigenvalue weighted by molar-refractivity contribution is 7.18. The minimum atomic E-state index is -0.332. The molecule has 0 spiro atoms. The van der Waals surface area contributed by atoms with Gasteiger partial charge in [0.25, 0.3) is 5.91 Å². The second kappa shape index (κ2) is 7.44. The number of anilines is 1. The number of aryl methyl sites for hydroxylation is 1. The van der Waals surface area contributed by atoms with Crippen LogP contribution >= 0.6 is 11.3 Å². The van der Waals surface area contributed by atoms with Gasteiger partial charge in [-0.1, -0.05) is 49.4 Å². The van der Waals surface area contributed by atoms with Crippen LogP contribution in [-0.4, -0.2) is 26.9 Å². The van der Waals surface area contributed by atoms with E-state index in [4.69, 9.17) is 0 Å². The van der Waals surface area contributed by atoms with E-state index >= 15 is 0 Å². The summed E-state index contributed by atoms with van der Waals surface area (Å²) < 4.78 is 0. The Bertz CT molecular complexity index is 1000. The number of carbonyl (C=O) groups excluding carboxylic acids is 2. The van der Waals surface area contributed by atoms with Gasteiger partial charge >= 0.3 is 0 Å². The first kappa shape index (κ1) is 19.0. The molecule has 1 amide bonds. The van der Waals surface area contributed by atoms with Crippen LogP contribution in [0.1, 0.15) is 64.4 Å². The van der Waals surface area contributed by atoms with Crippen molar-refractivity contribution < 1.29 is 9.59 Å². The van der Waals surface area contributed by atoms with Crippen LogP contribution < -0.4 is 5.32 Å². The molecule has 7 heteroatoms. The molecule has 2 N–H and O–H groups in total. The summed E-state index contributed by atoms with van der Waals surface area (Å²) in [4.78, 5) is 27.3. The van der Waals surface area contributed by atoms with Gasteiger partial charge in [0.05, 0.1) is 0 Å². The topological polar surface area (TPSA) is 87.7 Å². The average Bonchev–Trinajstić information content (AvgIpc) is 3.19. The summed E-state index contributed by atoms with van der Waals surface area (Å²) in [6, 6.07) is 8.18. The van der Waals surface area contributed by atoms with Crippen LogP contribution in [0.2, 0.25) is 0 Å². The second-order valence-electron chi connectivity index (χ2n) is 6.82. The maximum Gasteiger partial charge on any atom is 0.274 e. The van der Waals surface area contributed by atoms with Crippen LogP contribution in [-0.2, 0) is 0 Å². The largest absolute Gasteiger partial charge is 0.354 e. The summed E-state index contributed by atoms with van der Waals surface area (Å²) in [7, 11) is 0. The van der Waals surface area contributed by atoms with Crippen LogP contribution in [0.25, 0.3) is 10.6 Å². The van der Waals surface area contributed by atoms with Gasteiger partial charge in [0.1, 0.15) is 10.7 Å². The standard InChI is InChI=1S/C20H22N4O2S/c1-10(2)14-6-8-15(9-7-14)19-23-24-20(27-19)22-18(26)17-11(3)16(13(5)25)12(4)21-17/h6-10,21H,1-5H3,(H,22,24,26). The lowest BCUT2D eigenvalue weighted by Gasteiger charge is -2.04. The van der Waals surface area contributed by atoms with Crippen molar-refractivity contribution in [2.45, 2.75) is 40.5 Å². The van der Waals surface area contributed by atoms with Crippen molar-refractivity contribution in [3.63, 3.8) is 0 Å². The van der Waals surface area contributed by atoms with Crippen LogP contribution in [0.4, 0.5) is 5.13 Å². The smallest absolute Gasteiger partial charge is 0.274 e. The molecular weight excluding hydrogens is 360 g/mol. The lowest BCUT2D eigenvalue weighted by atomic mass is 10.0. The monoisotopic (exact) mass is 382 g/mol. The lowest BCUT2D eigenvalue weighted by Crippen LogP contribution is -2.13.